The van der Waals surface area contributed by atoms with Crippen LogP contribution in [0.3, 0.4) is 0 Å². The van der Waals surface area contributed by atoms with Crippen molar-refractivity contribution in [1.29, 1.82) is 0 Å². The molecule has 1 atom stereocenters. The molecule has 0 N–H and O–H groups in total. The van der Waals surface area contributed by atoms with E-state index in [9.17, 15) is 0 Å². The fraction of sp³-hybridized carbons (Fsp3) is 0.231. The lowest BCUT2D eigenvalue weighted by Gasteiger charge is -2.14. The Kier molecular flexibility index (Phi) is 4.44. The van der Waals surface area contributed by atoms with Crippen LogP contribution in [0.1, 0.15) is 25.3 Å². The molecular formula is C13H14Cl2. The van der Waals surface area contributed by atoms with Gasteiger partial charge in [0.1, 0.15) is 0 Å². The lowest BCUT2D eigenvalue weighted by molar-refractivity contribution is 0.851. The average molecular weight is 241 g/mol. The third kappa shape index (κ3) is 3.12. The van der Waals surface area contributed by atoms with Gasteiger partial charge in [0.25, 0.3) is 0 Å². The molecule has 0 aromatic heterocycles. The third-order valence-electron chi connectivity index (χ3n) is 2.30. The summed E-state index contributed by atoms with van der Waals surface area (Å²) in [6.45, 7) is 0. The Morgan fingerprint density at radius 1 is 1.20 bits per heavy atom. The van der Waals surface area contributed by atoms with E-state index in [1.54, 1.807) is 0 Å². The van der Waals surface area contributed by atoms with E-state index < -0.39 is 0 Å². The number of hydrogen-bond acceptors (Lipinski definition) is 0. The molecule has 1 aromatic rings. The molecule has 1 unspecified atom stereocenters. The minimum atomic E-state index is 0. The summed E-state index contributed by atoms with van der Waals surface area (Å²) in [5, 5.41) is 1.59. The predicted molar refractivity (Wildman–Crippen MR) is 68.6 cm³/mol. The van der Waals surface area contributed by atoms with Crippen molar-refractivity contribution in [2.24, 2.45) is 0 Å². The van der Waals surface area contributed by atoms with E-state index in [0.717, 1.165) is 16.5 Å². The third-order valence-corrected chi connectivity index (χ3v) is 2.79. The molecular weight excluding hydrogens is 227 g/mol. The van der Waals surface area contributed by atoms with Crippen molar-refractivity contribution in [3.63, 3.8) is 0 Å². The maximum Gasteiger partial charge on any atom is 0.0408 e. The van der Waals surface area contributed by atoms with Gasteiger partial charge in [-0.25, -0.2) is 0 Å². The van der Waals surface area contributed by atoms with Crippen LogP contribution >= 0.6 is 23.2 Å². The Labute approximate surface area is 101 Å². The molecule has 0 bridgehead atoms. The zero-order chi connectivity index (χ0) is 9.97. The highest BCUT2D eigenvalue weighted by Gasteiger charge is 2.10. The van der Waals surface area contributed by atoms with E-state index in [1.165, 1.54) is 5.56 Å². The summed E-state index contributed by atoms with van der Waals surface area (Å²) >= 11 is 11.9. The van der Waals surface area contributed by atoms with Crippen molar-refractivity contribution in [3.05, 3.63) is 58.1 Å². The molecule has 0 saturated carbocycles. The summed E-state index contributed by atoms with van der Waals surface area (Å²) < 4.78 is 0. The highest BCUT2D eigenvalue weighted by atomic mass is 35.5. The Hall–Kier alpha value is -0.720. The second-order valence-corrected chi connectivity index (χ2v) is 4.22. The van der Waals surface area contributed by atoms with Gasteiger partial charge < -0.3 is 0 Å². The van der Waals surface area contributed by atoms with Crippen LogP contribution in [0.2, 0.25) is 5.02 Å². The molecule has 1 aliphatic rings. The van der Waals surface area contributed by atoms with Crippen LogP contribution in [0.25, 0.3) is 0 Å². The van der Waals surface area contributed by atoms with E-state index in [0.29, 0.717) is 5.92 Å². The largest absolute Gasteiger partial charge is 0.0847 e. The van der Waals surface area contributed by atoms with Crippen LogP contribution < -0.4 is 0 Å². The SMILES string of the molecule is C.ClC1=CC(c2cccc(Cl)c2)CC=C1. The van der Waals surface area contributed by atoms with Crippen LogP contribution in [-0.4, -0.2) is 0 Å². The number of halogens is 2. The maximum atomic E-state index is 5.94. The summed E-state index contributed by atoms with van der Waals surface area (Å²) in [4.78, 5) is 0. The van der Waals surface area contributed by atoms with E-state index in [-0.39, 0.29) is 7.43 Å². The fourth-order valence-electron chi connectivity index (χ4n) is 1.61. The maximum absolute atomic E-state index is 5.94. The van der Waals surface area contributed by atoms with Crippen LogP contribution in [0, 0.1) is 0 Å². The Balaban J connectivity index is 0.00000112. The number of benzene rings is 1. The highest BCUT2D eigenvalue weighted by molar-refractivity contribution is 6.31. The zero-order valence-electron chi connectivity index (χ0n) is 7.58. The van der Waals surface area contributed by atoms with Crippen molar-refractivity contribution in [2.75, 3.05) is 0 Å². The molecule has 0 spiro atoms. The number of rotatable bonds is 1. The second kappa shape index (κ2) is 5.39. The summed E-state index contributed by atoms with van der Waals surface area (Å²) in [5.74, 6) is 0.367. The molecule has 2 heteroatoms. The van der Waals surface area contributed by atoms with Crippen molar-refractivity contribution in [2.45, 2.75) is 19.8 Å². The Bertz CT molecular complexity index is 391. The van der Waals surface area contributed by atoms with Crippen molar-refractivity contribution >= 4 is 23.2 Å². The van der Waals surface area contributed by atoms with Gasteiger partial charge in [-0.3, -0.25) is 0 Å². The van der Waals surface area contributed by atoms with Gasteiger partial charge in [-0.2, -0.15) is 0 Å². The van der Waals surface area contributed by atoms with Crippen molar-refractivity contribution in [1.82, 2.24) is 0 Å². The van der Waals surface area contributed by atoms with Crippen LogP contribution in [-0.2, 0) is 0 Å². The molecule has 15 heavy (non-hydrogen) atoms. The van der Waals surface area contributed by atoms with E-state index in [2.05, 4.69) is 18.2 Å². The van der Waals surface area contributed by atoms with Gasteiger partial charge in [-0.15, -0.1) is 0 Å². The van der Waals surface area contributed by atoms with Gasteiger partial charge in [0.05, 0.1) is 0 Å². The van der Waals surface area contributed by atoms with E-state index in [4.69, 9.17) is 23.2 Å². The average Bonchev–Trinajstić information content (AvgIpc) is 2.18. The normalized spacial score (nSPS) is 19.3. The van der Waals surface area contributed by atoms with E-state index in [1.807, 2.05) is 24.3 Å². The number of allylic oxidation sites excluding steroid dienone is 4. The molecule has 0 heterocycles. The second-order valence-electron chi connectivity index (χ2n) is 3.35. The first-order valence-corrected chi connectivity index (χ1v) is 5.30. The van der Waals surface area contributed by atoms with E-state index >= 15 is 0 Å². The van der Waals surface area contributed by atoms with Crippen LogP contribution in [0.15, 0.2) is 47.5 Å². The molecule has 0 fully saturated rings. The molecule has 80 valence electrons. The summed E-state index contributed by atoms with van der Waals surface area (Å²) in [5.41, 5.74) is 1.22. The standard InChI is InChI=1S/C12H10Cl2.CH4/c13-11-5-1-3-9(7-11)10-4-2-6-12(14)8-10;/h1-3,5-8,10H,4H2;1H4. The first kappa shape index (κ1) is 12.4. The summed E-state index contributed by atoms with van der Waals surface area (Å²) in [6.07, 6.45) is 7.08. The minimum Gasteiger partial charge on any atom is -0.0847 e. The minimum absolute atomic E-state index is 0. The summed E-state index contributed by atoms with van der Waals surface area (Å²) in [6, 6.07) is 7.93. The van der Waals surface area contributed by atoms with Gasteiger partial charge >= 0.3 is 0 Å². The molecule has 0 radical (unpaired) electrons. The Morgan fingerprint density at radius 2 is 2.00 bits per heavy atom. The predicted octanol–water partition coefficient (Wildman–Crippen LogP) is 5.14. The molecule has 0 saturated heterocycles. The topological polar surface area (TPSA) is 0 Å². The van der Waals surface area contributed by atoms with Gasteiger partial charge in [-0.05, 0) is 30.2 Å². The molecule has 0 amide bonds. The lowest BCUT2D eigenvalue weighted by atomic mass is 9.93. The van der Waals surface area contributed by atoms with Crippen LogP contribution in [0.5, 0.6) is 0 Å². The fourth-order valence-corrected chi connectivity index (χ4v) is 2.05. The van der Waals surface area contributed by atoms with Gasteiger partial charge in [-0.1, -0.05) is 54.9 Å². The van der Waals surface area contributed by atoms with Gasteiger partial charge in [0, 0.05) is 16.0 Å². The monoisotopic (exact) mass is 240 g/mol. The molecule has 1 aliphatic carbocycles. The Morgan fingerprint density at radius 3 is 2.67 bits per heavy atom. The smallest absolute Gasteiger partial charge is 0.0408 e. The quantitative estimate of drug-likeness (QED) is 0.638. The summed E-state index contributed by atoms with van der Waals surface area (Å²) in [7, 11) is 0. The van der Waals surface area contributed by atoms with Gasteiger partial charge in [0.15, 0.2) is 0 Å². The molecule has 1 aromatic carbocycles. The van der Waals surface area contributed by atoms with Crippen molar-refractivity contribution < 1.29 is 0 Å². The van der Waals surface area contributed by atoms with Crippen molar-refractivity contribution in [3.8, 4) is 0 Å². The van der Waals surface area contributed by atoms with Gasteiger partial charge in [0.2, 0.25) is 0 Å². The number of hydrogen-bond donors (Lipinski definition) is 0. The molecule has 2 rings (SSSR count). The lowest BCUT2D eigenvalue weighted by Crippen LogP contribution is -1.97. The van der Waals surface area contributed by atoms with Crippen LogP contribution in [0.4, 0.5) is 0 Å². The molecule has 0 aliphatic heterocycles. The highest BCUT2D eigenvalue weighted by Crippen LogP contribution is 2.29. The first-order valence-electron chi connectivity index (χ1n) is 4.55. The molecule has 0 nitrogen and oxygen atoms in total. The first-order chi connectivity index (χ1) is 6.75. The zero-order valence-corrected chi connectivity index (χ0v) is 9.09.